The van der Waals surface area contributed by atoms with E-state index in [0.29, 0.717) is 32.5 Å². The Morgan fingerprint density at radius 2 is 2.00 bits per heavy atom. The van der Waals surface area contributed by atoms with Crippen LogP contribution < -0.4 is 15.6 Å². The number of hydrogen-bond acceptors (Lipinski definition) is 4. The van der Waals surface area contributed by atoms with Crippen LogP contribution >= 0.6 is 11.6 Å². The smallest absolute Gasteiger partial charge is 0.323 e. The van der Waals surface area contributed by atoms with Crippen molar-refractivity contribution in [3.05, 3.63) is 57.2 Å². The van der Waals surface area contributed by atoms with E-state index in [1.807, 2.05) is 31.1 Å². The summed E-state index contributed by atoms with van der Waals surface area (Å²) in [7, 11) is 3.66. The lowest BCUT2D eigenvalue weighted by Crippen LogP contribution is -2.21. The van der Waals surface area contributed by atoms with Crippen LogP contribution in [0, 0.1) is 0 Å². The molecular formula is C22H22ClN3O3. The van der Waals surface area contributed by atoms with Crippen LogP contribution in [0.1, 0.15) is 12.0 Å². The maximum Gasteiger partial charge on any atom is 0.323 e. The minimum atomic E-state index is -0.979. The van der Waals surface area contributed by atoms with Crippen LogP contribution in [-0.4, -0.2) is 42.8 Å². The molecule has 0 unspecified atom stereocenters. The second kappa shape index (κ2) is 7.54. The van der Waals surface area contributed by atoms with Gasteiger partial charge in [0, 0.05) is 31.4 Å². The van der Waals surface area contributed by atoms with Gasteiger partial charge in [0.15, 0.2) is 5.43 Å². The molecule has 0 atom stereocenters. The molecule has 0 aliphatic carbocycles. The molecule has 7 heteroatoms. The third kappa shape index (κ3) is 3.39. The molecule has 2 heterocycles. The quantitative estimate of drug-likeness (QED) is 0.644. The number of hydrogen-bond donors (Lipinski definition) is 2. The van der Waals surface area contributed by atoms with Gasteiger partial charge in [-0.2, -0.15) is 0 Å². The average molecular weight is 412 g/mol. The number of benzene rings is 2. The van der Waals surface area contributed by atoms with Gasteiger partial charge >= 0.3 is 5.97 Å². The molecule has 1 aliphatic heterocycles. The number of pyridine rings is 1. The summed E-state index contributed by atoms with van der Waals surface area (Å²) in [5.41, 5.74) is 3.86. The molecule has 4 rings (SSSR count). The topological polar surface area (TPSA) is 74.6 Å². The Morgan fingerprint density at radius 1 is 1.24 bits per heavy atom. The monoisotopic (exact) mass is 411 g/mol. The van der Waals surface area contributed by atoms with Gasteiger partial charge in [0.05, 0.1) is 21.7 Å². The lowest BCUT2D eigenvalue weighted by Gasteiger charge is -2.22. The molecule has 29 heavy (non-hydrogen) atoms. The lowest BCUT2D eigenvalue weighted by molar-refractivity contribution is -0.137. The Morgan fingerprint density at radius 3 is 2.66 bits per heavy atom. The highest BCUT2D eigenvalue weighted by Crippen LogP contribution is 2.34. The van der Waals surface area contributed by atoms with Gasteiger partial charge in [0.2, 0.25) is 0 Å². The van der Waals surface area contributed by atoms with Gasteiger partial charge in [0.1, 0.15) is 6.54 Å². The summed E-state index contributed by atoms with van der Waals surface area (Å²) in [6.45, 7) is 1.43. The van der Waals surface area contributed by atoms with Crippen LogP contribution in [0.3, 0.4) is 0 Å². The normalized spacial score (nSPS) is 14.2. The molecule has 2 aromatic carbocycles. The van der Waals surface area contributed by atoms with Crippen LogP contribution in [0.4, 0.5) is 5.69 Å². The number of aliphatic carboxylic acids is 1. The van der Waals surface area contributed by atoms with Crippen LogP contribution in [-0.2, 0) is 11.3 Å². The van der Waals surface area contributed by atoms with Crippen molar-refractivity contribution in [2.45, 2.75) is 13.0 Å². The number of nitrogens with one attached hydrogen (secondary N) is 1. The first-order valence-electron chi connectivity index (χ1n) is 9.46. The van der Waals surface area contributed by atoms with Crippen molar-refractivity contribution < 1.29 is 9.90 Å². The summed E-state index contributed by atoms with van der Waals surface area (Å²) < 4.78 is 1.70. The Kier molecular flexibility index (Phi) is 5.06. The average Bonchev–Trinajstić information content (AvgIpc) is 2.70. The number of carbonyl (C=O) groups is 1. The maximum absolute atomic E-state index is 13.3. The summed E-state index contributed by atoms with van der Waals surface area (Å²) >= 11 is 6.44. The predicted octanol–water partition coefficient (Wildman–Crippen LogP) is 3.34. The van der Waals surface area contributed by atoms with Crippen molar-refractivity contribution in [3.63, 3.8) is 0 Å². The molecule has 0 saturated carbocycles. The number of rotatable bonds is 4. The van der Waals surface area contributed by atoms with E-state index < -0.39 is 5.97 Å². The van der Waals surface area contributed by atoms with Crippen molar-refractivity contribution >= 4 is 50.6 Å². The van der Waals surface area contributed by atoms with Crippen molar-refractivity contribution in [1.82, 2.24) is 9.88 Å². The van der Waals surface area contributed by atoms with Crippen molar-refractivity contribution in [3.8, 4) is 0 Å². The fraction of sp³-hybridized carbons (Fsp3) is 0.273. The zero-order chi connectivity index (χ0) is 20.7. The maximum atomic E-state index is 13.3. The van der Waals surface area contributed by atoms with Crippen LogP contribution in [0.15, 0.2) is 41.2 Å². The second-order valence-corrected chi connectivity index (χ2v) is 7.82. The molecule has 0 saturated heterocycles. The molecule has 2 N–H and O–H groups in total. The number of nitrogens with zero attached hydrogens (tertiary/aromatic N) is 2. The molecule has 1 aliphatic rings. The zero-order valence-corrected chi connectivity index (χ0v) is 17.1. The van der Waals surface area contributed by atoms with Gasteiger partial charge in [-0.25, -0.2) is 0 Å². The molecule has 0 amide bonds. The Balaban J connectivity index is 2.15. The van der Waals surface area contributed by atoms with E-state index in [1.165, 1.54) is 5.57 Å². The number of anilines is 1. The molecule has 6 nitrogen and oxygen atoms in total. The Hall–Kier alpha value is -2.83. The standard InChI is InChI=1S/C22H22ClN3O3/c1-25(2)21-17(23)6-5-16-20(21)26(12-19(27)28)18-11-14(3-4-15(18)22(16)29)13-7-9-24-10-8-13/h3-7,11,24H,8-10,12H2,1-2H3,(H,27,28). The van der Waals surface area contributed by atoms with E-state index in [4.69, 9.17) is 11.6 Å². The van der Waals surface area contributed by atoms with Crippen LogP contribution in [0.25, 0.3) is 27.4 Å². The lowest BCUT2D eigenvalue weighted by atomic mass is 9.98. The van der Waals surface area contributed by atoms with Crippen LogP contribution in [0.2, 0.25) is 5.02 Å². The van der Waals surface area contributed by atoms with E-state index in [2.05, 4.69) is 11.4 Å². The SMILES string of the molecule is CN(C)c1c(Cl)ccc2c(=O)c3ccc(C4=CCNCC4)cc3n(CC(=O)O)c12. The first-order chi connectivity index (χ1) is 13.9. The summed E-state index contributed by atoms with van der Waals surface area (Å²) in [6.07, 6.45) is 3.02. The molecular weight excluding hydrogens is 390 g/mol. The van der Waals surface area contributed by atoms with Crippen molar-refractivity contribution in [1.29, 1.82) is 0 Å². The fourth-order valence-corrected chi connectivity index (χ4v) is 4.35. The zero-order valence-electron chi connectivity index (χ0n) is 16.3. The first-order valence-corrected chi connectivity index (χ1v) is 9.84. The molecule has 0 radical (unpaired) electrons. The van der Waals surface area contributed by atoms with Crippen molar-refractivity contribution in [2.75, 3.05) is 32.1 Å². The van der Waals surface area contributed by atoms with E-state index >= 15 is 0 Å². The van der Waals surface area contributed by atoms with Crippen LogP contribution in [0.5, 0.6) is 0 Å². The van der Waals surface area contributed by atoms with Gasteiger partial charge < -0.3 is 19.9 Å². The number of fused-ring (bicyclic) bond motifs is 2. The summed E-state index contributed by atoms with van der Waals surface area (Å²) in [6, 6.07) is 9.04. The number of aromatic nitrogens is 1. The second-order valence-electron chi connectivity index (χ2n) is 7.41. The fourth-order valence-electron chi connectivity index (χ4n) is 4.03. The third-order valence-corrected chi connectivity index (χ3v) is 5.63. The highest BCUT2D eigenvalue weighted by atomic mass is 35.5. The Labute approximate surface area is 173 Å². The highest BCUT2D eigenvalue weighted by molar-refractivity contribution is 6.35. The third-order valence-electron chi connectivity index (χ3n) is 5.32. The first kappa shape index (κ1) is 19.5. The molecule has 150 valence electrons. The van der Waals surface area contributed by atoms with E-state index in [0.717, 1.165) is 25.1 Å². The Bertz CT molecular complexity index is 1230. The molecule has 0 bridgehead atoms. The number of carboxylic acid groups (broad SMARTS) is 1. The summed E-state index contributed by atoms with van der Waals surface area (Å²) in [4.78, 5) is 26.8. The van der Waals surface area contributed by atoms with Crippen molar-refractivity contribution in [2.24, 2.45) is 0 Å². The van der Waals surface area contributed by atoms with Gasteiger partial charge in [0.25, 0.3) is 0 Å². The van der Waals surface area contributed by atoms with Gasteiger partial charge in [-0.3, -0.25) is 9.59 Å². The molecule has 0 fully saturated rings. The molecule has 3 aromatic rings. The predicted molar refractivity (Wildman–Crippen MR) is 118 cm³/mol. The van der Waals surface area contributed by atoms with Gasteiger partial charge in [-0.05, 0) is 48.4 Å². The number of halogens is 1. The largest absolute Gasteiger partial charge is 0.480 e. The highest BCUT2D eigenvalue weighted by Gasteiger charge is 2.20. The minimum absolute atomic E-state index is 0.123. The molecule has 1 aromatic heterocycles. The number of carboxylic acids is 1. The van der Waals surface area contributed by atoms with E-state index in [-0.39, 0.29) is 12.0 Å². The van der Waals surface area contributed by atoms with Gasteiger partial charge in [-0.1, -0.05) is 23.7 Å². The summed E-state index contributed by atoms with van der Waals surface area (Å²) in [5, 5.41) is 14.3. The minimum Gasteiger partial charge on any atom is -0.480 e. The van der Waals surface area contributed by atoms with E-state index in [9.17, 15) is 14.7 Å². The summed E-state index contributed by atoms with van der Waals surface area (Å²) in [5.74, 6) is -0.979. The van der Waals surface area contributed by atoms with E-state index in [1.54, 1.807) is 22.8 Å². The van der Waals surface area contributed by atoms with Gasteiger partial charge in [-0.15, -0.1) is 0 Å². The molecule has 0 spiro atoms.